The minimum absolute atomic E-state index is 0.382. The number of hydrogen-bond acceptors (Lipinski definition) is 4. The first-order valence-electron chi connectivity index (χ1n) is 5.49. The first kappa shape index (κ1) is 13.3. The SMILES string of the molecule is CC/C=C(C#N)\C(N)=C/c1ccc(N)c(C#N)c1. The van der Waals surface area contributed by atoms with Crippen LogP contribution >= 0.6 is 0 Å². The molecule has 0 aliphatic rings. The predicted octanol–water partition coefficient (Wildman–Crippen LogP) is 2.30. The van der Waals surface area contributed by atoms with Gasteiger partial charge in [-0.05, 0) is 30.2 Å². The lowest BCUT2D eigenvalue weighted by molar-refractivity contribution is 1.19. The Bertz CT molecular complexity index is 583. The Labute approximate surface area is 106 Å². The lowest BCUT2D eigenvalue weighted by Crippen LogP contribution is -2.00. The molecule has 90 valence electrons. The van der Waals surface area contributed by atoms with Crippen molar-refractivity contribution in [2.45, 2.75) is 13.3 Å². The average Bonchev–Trinajstić information content (AvgIpc) is 2.38. The third kappa shape index (κ3) is 3.13. The molecule has 0 bridgehead atoms. The molecule has 0 heterocycles. The fourth-order valence-electron chi connectivity index (χ4n) is 1.45. The number of nitrogens with zero attached hydrogens (tertiary/aromatic N) is 2. The van der Waals surface area contributed by atoms with E-state index in [0.717, 1.165) is 12.0 Å². The van der Waals surface area contributed by atoms with Gasteiger partial charge in [0.1, 0.15) is 12.1 Å². The van der Waals surface area contributed by atoms with Crippen LogP contribution in [0.15, 0.2) is 35.5 Å². The van der Waals surface area contributed by atoms with Crippen molar-refractivity contribution in [1.82, 2.24) is 0 Å². The highest BCUT2D eigenvalue weighted by Gasteiger charge is 2.02. The second kappa shape index (κ2) is 6.12. The smallest absolute Gasteiger partial charge is 0.101 e. The quantitative estimate of drug-likeness (QED) is 0.479. The topological polar surface area (TPSA) is 99.6 Å². The number of rotatable bonds is 3. The average molecular weight is 238 g/mol. The molecular weight excluding hydrogens is 224 g/mol. The Morgan fingerprint density at radius 2 is 2.11 bits per heavy atom. The highest BCUT2D eigenvalue weighted by Crippen LogP contribution is 2.16. The summed E-state index contributed by atoms with van der Waals surface area (Å²) in [6, 6.07) is 9.09. The van der Waals surface area contributed by atoms with E-state index in [2.05, 4.69) is 0 Å². The Morgan fingerprint density at radius 3 is 2.67 bits per heavy atom. The molecule has 4 N–H and O–H groups in total. The summed E-state index contributed by atoms with van der Waals surface area (Å²) in [5.41, 5.74) is 13.9. The van der Waals surface area contributed by atoms with Gasteiger partial charge in [0.2, 0.25) is 0 Å². The Morgan fingerprint density at radius 1 is 1.39 bits per heavy atom. The molecule has 0 amide bonds. The Kier molecular flexibility index (Phi) is 4.54. The molecule has 0 spiro atoms. The fraction of sp³-hybridized carbons (Fsp3) is 0.143. The predicted molar refractivity (Wildman–Crippen MR) is 71.7 cm³/mol. The van der Waals surface area contributed by atoms with Crippen molar-refractivity contribution in [1.29, 1.82) is 10.5 Å². The third-order valence-electron chi connectivity index (χ3n) is 2.36. The molecule has 0 aliphatic heterocycles. The van der Waals surface area contributed by atoms with Crippen LogP contribution in [0.25, 0.3) is 6.08 Å². The van der Waals surface area contributed by atoms with Gasteiger partial charge in [-0.3, -0.25) is 0 Å². The van der Waals surface area contributed by atoms with Crippen molar-refractivity contribution >= 4 is 11.8 Å². The van der Waals surface area contributed by atoms with E-state index < -0.39 is 0 Å². The van der Waals surface area contributed by atoms with E-state index >= 15 is 0 Å². The zero-order valence-corrected chi connectivity index (χ0v) is 10.1. The maximum Gasteiger partial charge on any atom is 0.101 e. The number of anilines is 1. The lowest BCUT2D eigenvalue weighted by atomic mass is 10.1. The Balaban J connectivity index is 3.15. The molecule has 0 saturated heterocycles. The van der Waals surface area contributed by atoms with E-state index in [0.29, 0.717) is 22.5 Å². The van der Waals surface area contributed by atoms with Crippen LogP contribution in [-0.4, -0.2) is 0 Å². The van der Waals surface area contributed by atoms with Crippen LogP contribution in [0.3, 0.4) is 0 Å². The van der Waals surface area contributed by atoms with Crippen molar-refractivity contribution in [3.63, 3.8) is 0 Å². The van der Waals surface area contributed by atoms with Gasteiger partial charge in [0, 0.05) is 11.4 Å². The molecule has 0 unspecified atom stereocenters. The van der Waals surface area contributed by atoms with Crippen LogP contribution in [-0.2, 0) is 0 Å². The summed E-state index contributed by atoms with van der Waals surface area (Å²) >= 11 is 0. The molecule has 0 aliphatic carbocycles. The van der Waals surface area contributed by atoms with E-state index in [1.807, 2.05) is 19.1 Å². The molecule has 18 heavy (non-hydrogen) atoms. The lowest BCUT2D eigenvalue weighted by Gasteiger charge is -2.02. The molecule has 0 radical (unpaired) electrons. The molecule has 0 atom stereocenters. The van der Waals surface area contributed by atoms with Gasteiger partial charge in [-0.15, -0.1) is 0 Å². The molecule has 1 rings (SSSR count). The third-order valence-corrected chi connectivity index (χ3v) is 2.36. The van der Waals surface area contributed by atoms with Gasteiger partial charge in [-0.2, -0.15) is 10.5 Å². The summed E-state index contributed by atoms with van der Waals surface area (Å²) in [7, 11) is 0. The molecule has 4 heteroatoms. The van der Waals surface area contributed by atoms with E-state index in [-0.39, 0.29) is 0 Å². The van der Waals surface area contributed by atoms with Crippen LogP contribution in [0.1, 0.15) is 24.5 Å². The van der Waals surface area contributed by atoms with E-state index in [9.17, 15) is 0 Å². The Hall–Kier alpha value is -2.72. The summed E-state index contributed by atoms with van der Waals surface area (Å²) in [6.07, 6.45) is 4.15. The second-order valence-corrected chi connectivity index (χ2v) is 3.70. The minimum atomic E-state index is 0.382. The fourth-order valence-corrected chi connectivity index (χ4v) is 1.45. The zero-order chi connectivity index (χ0) is 13.5. The van der Waals surface area contributed by atoms with Crippen LogP contribution in [0, 0.1) is 22.7 Å². The second-order valence-electron chi connectivity index (χ2n) is 3.70. The molecule has 1 aromatic rings. The monoisotopic (exact) mass is 238 g/mol. The van der Waals surface area contributed by atoms with E-state index in [4.69, 9.17) is 22.0 Å². The van der Waals surface area contributed by atoms with Gasteiger partial charge >= 0.3 is 0 Å². The molecular formula is C14H14N4. The molecule has 0 aromatic heterocycles. The van der Waals surface area contributed by atoms with Crippen LogP contribution in [0.4, 0.5) is 5.69 Å². The van der Waals surface area contributed by atoms with Crippen molar-refractivity contribution in [3.05, 3.63) is 46.7 Å². The van der Waals surface area contributed by atoms with Crippen molar-refractivity contribution in [3.8, 4) is 12.1 Å². The first-order valence-corrected chi connectivity index (χ1v) is 5.49. The first-order chi connectivity index (χ1) is 8.62. The van der Waals surface area contributed by atoms with Crippen molar-refractivity contribution in [2.24, 2.45) is 5.73 Å². The summed E-state index contributed by atoms with van der Waals surface area (Å²) in [4.78, 5) is 0. The minimum Gasteiger partial charge on any atom is -0.398 e. The van der Waals surface area contributed by atoms with Crippen LogP contribution < -0.4 is 11.5 Å². The molecule has 1 aromatic carbocycles. The highest BCUT2D eigenvalue weighted by atomic mass is 14.6. The maximum atomic E-state index is 8.94. The van der Waals surface area contributed by atoms with Gasteiger partial charge in [0.15, 0.2) is 0 Å². The highest BCUT2D eigenvalue weighted by molar-refractivity contribution is 5.65. The number of allylic oxidation sites excluding steroid dienone is 2. The van der Waals surface area contributed by atoms with Gasteiger partial charge in [-0.1, -0.05) is 19.1 Å². The largest absolute Gasteiger partial charge is 0.398 e. The van der Waals surface area contributed by atoms with Crippen molar-refractivity contribution in [2.75, 3.05) is 5.73 Å². The van der Waals surface area contributed by atoms with Crippen LogP contribution in [0.5, 0.6) is 0 Å². The molecule has 0 fully saturated rings. The summed E-state index contributed by atoms with van der Waals surface area (Å²) in [5.74, 6) is 0. The summed E-state index contributed by atoms with van der Waals surface area (Å²) in [5, 5.41) is 17.8. The number of nitrogen functional groups attached to an aromatic ring is 1. The number of benzene rings is 1. The number of hydrogen-bond donors (Lipinski definition) is 2. The van der Waals surface area contributed by atoms with Crippen molar-refractivity contribution < 1.29 is 0 Å². The normalized spacial score (nSPS) is 11.7. The number of nitrogens with two attached hydrogens (primary N) is 2. The standard InChI is InChI=1S/C14H14N4/c1-2-3-11(8-15)14(18)7-10-4-5-13(17)12(6-10)9-16/h3-7H,2,17-18H2,1H3/b11-3-,14-7+. The van der Waals surface area contributed by atoms with Gasteiger partial charge in [-0.25, -0.2) is 0 Å². The molecule has 4 nitrogen and oxygen atoms in total. The summed E-state index contributed by atoms with van der Waals surface area (Å²) < 4.78 is 0. The van der Waals surface area contributed by atoms with E-state index in [1.165, 1.54) is 0 Å². The van der Waals surface area contributed by atoms with Gasteiger partial charge in [0.05, 0.1) is 11.1 Å². The van der Waals surface area contributed by atoms with Crippen LogP contribution in [0.2, 0.25) is 0 Å². The number of nitriles is 2. The maximum absolute atomic E-state index is 8.94. The van der Waals surface area contributed by atoms with Gasteiger partial charge < -0.3 is 11.5 Å². The zero-order valence-electron chi connectivity index (χ0n) is 10.1. The summed E-state index contributed by atoms with van der Waals surface area (Å²) in [6.45, 7) is 1.93. The molecule has 0 saturated carbocycles. The van der Waals surface area contributed by atoms with Gasteiger partial charge in [0.25, 0.3) is 0 Å². The van der Waals surface area contributed by atoms with E-state index in [1.54, 1.807) is 30.4 Å².